The molecule has 3 rings (SSSR count). The Morgan fingerprint density at radius 2 is 1.77 bits per heavy atom. The molecule has 26 heavy (non-hydrogen) atoms. The molecule has 2 aromatic carbocycles. The number of nitrogens with zero attached hydrogens (tertiary/aromatic N) is 1. The van der Waals surface area contributed by atoms with E-state index in [1.54, 1.807) is 49.6 Å². The van der Waals surface area contributed by atoms with Crippen LogP contribution in [0.3, 0.4) is 0 Å². The second kappa shape index (κ2) is 7.13. The molecule has 2 aromatic rings. The second-order valence-corrected chi connectivity index (χ2v) is 6.57. The summed E-state index contributed by atoms with van der Waals surface area (Å²) in [6.07, 6.45) is 1.48. The standard InChI is InChI=1S/C19H15BrN2O4/c1-11-9-15(26-2)8-3-12(11)10-16-17(23)21-19(25)22(18(16)24)14-6-4-13(20)5-7-14/h3-10H,1-2H3,(H,21,23,25). The van der Waals surface area contributed by atoms with E-state index in [-0.39, 0.29) is 5.57 Å². The van der Waals surface area contributed by atoms with Gasteiger partial charge in [0.2, 0.25) is 0 Å². The zero-order chi connectivity index (χ0) is 18.8. The van der Waals surface area contributed by atoms with Crippen LogP contribution in [0.5, 0.6) is 5.75 Å². The quantitative estimate of drug-likeness (QED) is 0.616. The summed E-state index contributed by atoms with van der Waals surface area (Å²) in [6.45, 7) is 1.85. The molecule has 6 nitrogen and oxygen atoms in total. The number of carbonyl (C=O) groups is 3. The first-order chi connectivity index (χ1) is 12.4. The summed E-state index contributed by atoms with van der Waals surface area (Å²) in [6, 6.07) is 11.2. The van der Waals surface area contributed by atoms with Crippen molar-refractivity contribution in [2.45, 2.75) is 6.92 Å². The van der Waals surface area contributed by atoms with E-state index in [0.717, 1.165) is 14.9 Å². The Hall–Kier alpha value is -2.93. The lowest BCUT2D eigenvalue weighted by Crippen LogP contribution is -2.54. The molecule has 1 N–H and O–H groups in total. The lowest BCUT2D eigenvalue weighted by atomic mass is 10.0. The molecule has 0 saturated carbocycles. The highest BCUT2D eigenvalue weighted by atomic mass is 79.9. The molecule has 1 saturated heterocycles. The number of hydrogen-bond acceptors (Lipinski definition) is 4. The molecule has 132 valence electrons. The fourth-order valence-electron chi connectivity index (χ4n) is 2.57. The Morgan fingerprint density at radius 3 is 2.38 bits per heavy atom. The topological polar surface area (TPSA) is 75.7 Å². The van der Waals surface area contributed by atoms with Gasteiger partial charge in [0.15, 0.2) is 0 Å². The number of carbonyl (C=O) groups excluding carboxylic acids is 3. The SMILES string of the molecule is COc1ccc(C=C2C(=O)NC(=O)N(c3ccc(Br)cc3)C2=O)c(C)c1. The van der Waals surface area contributed by atoms with Crippen LogP contribution in [0.1, 0.15) is 11.1 Å². The van der Waals surface area contributed by atoms with E-state index in [9.17, 15) is 14.4 Å². The molecule has 0 unspecified atom stereocenters. The molecule has 1 fully saturated rings. The third kappa shape index (κ3) is 3.39. The van der Waals surface area contributed by atoms with Crippen molar-refractivity contribution in [3.05, 3.63) is 63.6 Å². The molecule has 1 heterocycles. The maximum atomic E-state index is 12.8. The maximum Gasteiger partial charge on any atom is 0.335 e. The van der Waals surface area contributed by atoms with Crippen molar-refractivity contribution in [3.63, 3.8) is 0 Å². The van der Waals surface area contributed by atoms with E-state index in [4.69, 9.17) is 4.74 Å². The molecule has 0 aliphatic carbocycles. The van der Waals surface area contributed by atoms with Gasteiger partial charge in [0, 0.05) is 4.47 Å². The first-order valence-electron chi connectivity index (χ1n) is 7.72. The zero-order valence-electron chi connectivity index (χ0n) is 14.1. The number of halogens is 1. The van der Waals surface area contributed by atoms with Crippen molar-refractivity contribution in [1.29, 1.82) is 0 Å². The van der Waals surface area contributed by atoms with Crippen molar-refractivity contribution < 1.29 is 19.1 Å². The van der Waals surface area contributed by atoms with Crippen LogP contribution in [0.2, 0.25) is 0 Å². The minimum atomic E-state index is -0.772. The Kier molecular flexibility index (Phi) is 4.90. The largest absolute Gasteiger partial charge is 0.497 e. The summed E-state index contributed by atoms with van der Waals surface area (Å²) in [7, 11) is 1.56. The number of ether oxygens (including phenoxy) is 1. The molecule has 0 spiro atoms. The van der Waals surface area contributed by atoms with Gasteiger partial charge in [-0.25, -0.2) is 9.69 Å². The Labute approximate surface area is 158 Å². The van der Waals surface area contributed by atoms with Crippen molar-refractivity contribution in [1.82, 2.24) is 5.32 Å². The molecule has 0 radical (unpaired) electrons. The monoisotopic (exact) mass is 414 g/mol. The molecule has 0 aromatic heterocycles. The third-order valence-electron chi connectivity index (χ3n) is 3.96. The minimum Gasteiger partial charge on any atom is -0.497 e. The van der Waals surface area contributed by atoms with Gasteiger partial charge in [0.05, 0.1) is 12.8 Å². The number of nitrogens with one attached hydrogen (secondary N) is 1. The van der Waals surface area contributed by atoms with Gasteiger partial charge < -0.3 is 4.74 Å². The summed E-state index contributed by atoms with van der Waals surface area (Å²) in [5, 5.41) is 2.21. The average Bonchev–Trinajstić information content (AvgIpc) is 2.61. The number of methoxy groups -OCH3 is 1. The van der Waals surface area contributed by atoms with Crippen LogP contribution in [0.15, 0.2) is 52.5 Å². The molecular formula is C19H15BrN2O4. The molecular weight excluding hydrogens is 400 g/mol. The Bertz CT molecular complexity index is 935. The predicted octanol–water partition coefficient (Wildman–Crippen LogP) is 3.43. The van der Waals surface area contributed by atoms with E-state index in [0.29, 0.717) is 17.0 Å². The molecule has 1 aliphatic rings. The lowest BCUT2D eigenvalue weighted by molar-refractivity contribution is -0.122. The highest BCUT2D eigenvalue weighted by Gasteiger charge is 2.36. The summed E-state index contributed by atoms with van der Waals surface area (Å²) in [5.41, 5.74) is 1.79. The van der Waals surface area contributed by atoms with Gasteiger partial charge in [-0.3, -0.25) is 14.9 Å². The Balaban J connectivity index is 2.01. The Morgan fingerprint density at radius 1 is 1.08 bits per heavy atom. The zero-order valence-corrected chi connectivity index (χ0v) is 15.7. The maximum absolute atomic E-state index is 12.8. The van der Waals surface area contributed by atoms with E-state index in [2.05, 4.69) is 21.2 Å². The van der Waals surface area contributed by atoms with Gasteiger partial charge in [0.1, 0.15) is 11.3 Å². The number of imide groups is 2. The van der Waals surface area contributed by atoms with Crippen LogP contribution < -0.4 is 15.0 Å². The third-order valence-corrected chi connectivity index (χ3v) is 4.49. The summed E-state index contributed by atoms with van der Waals surface area (Å²) in [5.74, 6) is -0.712. The number of anilines is 1. The lowest BCUT2D eigenvalue weighted by Gasteiger charge is -2.26. The molecule has 7 heteroatoms. The number of hydrogen-bond donors (Lipinski definition) is 1. The summed E-state index contributed by atoms with van der Waals surface area (Å²) >= 11 is 3.31. The van der Waals surface area contributed by atoms with Gasteiger partial charge in [-0.1, -0.05) is 22.0 Å². The van der Waals surface area contributed by atoms with Crippen molar-refractivity contribution in [2.24, 2.45) is 0 Å². The van der Waals surface area contributed by atoms with Crippen LogP contribution in [-0.2, 0) is 9.59 Å². The second-order valence-electron chi connectivity index (χ2n) is 5.66. The smallest absolute Gasteiger partial charge is 0.335 e. The van der Waals surface area contributed by atoms with Gasteiger partial charge in [-0.05, 0) is 60.5 Å². The number of barbiturate groups is 1. The number of aryl methyl sites for hydroxylation is 1. The van der Waals surface area contributed by atoms with E-state index < -0.39 is 17.8 Å². The first kappa shape index (κ1) is 17.9. The van der Waals surface area contributed by atoms with Gasteiger partial charge in [-0.2, -0.15) is 0 Å². The summed E-state index contributed by atoms with van der Waals surface area (Å²) in [4.78, 5) is 38.1. The van der Waals surface area contributed by atoms with Gasteiger partial charge in [0.25, 0.3) is 11.8 Å². The average molecular weight is 415 g/mol. The van der Waals surface area contributed by atoms with Crippen LogP contribution in [0.25, 0.3) is 6.08 Å². The molecule has 0 atom stereocenters. The molecule has 0 bridgehead atoms. The normalized spacial score (nSPS) is 16.0. The van der Waals surface area contributed by atoms with Gasteiger partial charge >= 0.3 is 6.03 Å². The fraction of sp³-hybridized carbons (Fsp3) is 0.105. The highest BCUT2D eigenvalue weighted by Crippen LogP contribution is 2.25. The number of benzene rings is 2. The van der Waals surface area contributed by atoms with E-state index >= 15 is 0 Å². The van der Waals surface area contributed by atoms with E-state index in [1.807, 2.05) is 6.92 Å². The predicted molar refractivity (Wildman–Crippen MR) is 101 cm³/mol. The summed E-state index contributed by atoms with van der Waals surface area (Å²) < 4.78 is 5.97. The number of rotatable bonds is 3. The van der Waals surface area contributed by atoms with Crippen molar-refractivity contribution >= 4 is 45.5 Å². The van der Waals surface area contributed by atoms with Crippen molar-refractivity contribution in [2.75, 3.05) is 12.0 Å². The highest BCUT2D eigenvalue weighted by molar-refractivity contribution is 9.10. The van der Waals surface area contributed by atoms with E-state index in [1.165, 1.54) is 6.08 Å². The van der Waals surface area contributed by atoms with Gasteiger partial charge in [-0.15, -0.1) is 0 Å². The fourth-order valence-corrected chi connectivity index (χ4v) is 2.84. The van der Waals surface area contributed by atoms with Crippen LogP contribution in [0.4, 0.5) is 10.5 Å². The minimum absolute atomic E-state index is 0.110. The van der Waals surface area contributed by atoms with Crippen molar-refractivity contribution in [3.8, 4) is 5.75 Å². The van der Waals surface area contributed by atoms with Crippen LogP contribution in [-0.4, -0.2) is 25.0 Å². The molecule has 1 aliphatic heterocycles. The number of urea groups is 1. The first-order valence-corrected chi connectivity index (χ1v) is 8.51. The van der Waals surface area contributed by atoms with Crippen LogP contribution in [0, 0.1) is 6.92 Å². The number of amides is 4. The van der Waals surface area contributed by atoms with Crippen LogP contribution >= 0.6 is 15.9 Å². The molecule has 4 amide bonds.